The summed E-state index contributed by atoms with van der Waals surface area (Å²) in [5.74, 6) is 0. The molecule has 0 aliphatic carbocycles. The molecule has 0 spiro atoms. The van der Waals surface area contributed by atoms with Gasteiger partial charge in [-0.3, -0.25) is 0 Å². The van der Waals surface area contributed by atoms with E-state index in [0.29, 0.717) is 0 Å². The van der Waals surface area contributed by atoms with Crippen LogP contribution in [0.2, 0.25) is 0 Å². The van der Waals surface area contributed by atoms with E-state index in [2.05, 4.69) is 250 Å². The highest BCUT2D eigenvalue weighted by molar-refractivity contribution is 6.10. The lowest BCUT2D eigenvalue weighted by atomic mass is 10.0. The molecule has 0 aliphatic heterocycles. The van der Waals surface area contributed by atoms with Crippen molar-refractivity contribution >= 4 is 77.7 Å². The van der Waals surface area contributed by atoms with E-state index in [1.165, 1.54) is 60.3 Å². The van der Waals surface area contributed by atoms with Gasteiger partial charge in [-0.1, -0.05) is 133 Å². The number of rotatable bonds is 9. The smallest absolute Gasteiger partial charge is 0.0509 e. The molecule has 286 valence electrons. The quantitative estimate of drug-likeness (QED) is 0.145. The minimum absolute atomic E-state index is 0.730. The summed E-state index contributed by atoms with van der Waals surface area (Å²) in [7, 11) is 2.17. The number of para-hydroxylation sites is 5. The fourth-order valence-corrected chi connectivity index (χ4v) is 9.09. The van der Waals surface area contributed by atoms with Crippen molar-refractivity contribution in [2.45, 2.75) is 6.54 Å². The van der Waals surface area contributed by atoms with Crippen LogP contribution in [0.25, 0.3) is 54.7 Å². The van der Waals surface area contributed by atoms with Gasteiger partial charge in [0.2, 0.25) is 0 Å². The van der Waals surface area contributed by atoms with Gasteiger partial charge >= 0.3 is 0 Å². The first-order chi connectivity index (χ1) is 29.7. The van der Waals surface area contributed by atoms with Crippen molar-refractivity contribution in [3.05, 3.63) is 230 Å². The third kappa shape index (κ3) is 6.18. The zero-order valence-corrected chi connectivity index (χ0v) is 33.4. The van der Waals surface area contributed by atoms with Crippen LogP contribution >= 0.6 is 0 Å². The molecule has 11 rings (SSSR count). The zero-order valence-electron chi connectivity index (χ0n) is 33.4. The fourth-order valence-electron chi connectivity index (χ4n) is 9.09. The Morgan fingerprint density at radius 3 is 1.43 bits per heavy atom. The van der Waals surface area contributed by atoms with Gasteiger partial charge in [-0.25, -0.2) is 0 Å². The molecule has 0 saturated carbocycles. The van der Waals surface area contributed by atoms with Gasteiger partial charge in [0.05, 0.1) is 11.0 Å². The minimum Gasteiger partial charge on any atom is -0.344 e. The second-order valence-electron chi connectivity index (χ2n) is 15.5. The molecule has 0 fully saturated rings. The first kappa shape index (κ1) is 35.4. The number of nitrogens with zero attached hydrogens (tertiary/aromatic N) is 4. The van der Waals surface area contributed by atoms with Crippen LogP contribution in [0, 0.1) is 0 Å². The van der Waals surface area contributed by atoms with Crippen LogP contribution in [0.5, 0.6) is 0 Å². The topological polar surface area (TPSA) is 16.3 Å². The van der Waals surface area contributed by atoms with E-state index in [1.54, 1.807) is 0 Å². The summed E-state index contributed by atoms with van der Waals surface area (Å²) in [6, 6.07) is 81.1. The number of hydrogen-bond acceptors (Lipinski definition) is 2. The lowest BCUT2D eigenvalue weighted by Gasteiger charge is -2.26. The third-order valence-electron chi connectivity index (χ3n) is 11.9. The summed E-state index contributed by atoms with van der Waals surface area (Å²) >= 11 is 0. The van der Waals surface area contributed by atoms with E-state index in [9.17, 15) is 0 Å². The number of anilines is 6. The molecule has 0 bridgehead atoms. The predicted molar refractivity (Wildman–Crippen MR) is 254 cm³/mol. The van der Waals surface area contributed by atoms with Crippen LogP contribution in [-0.2, 0) is 13.6 Å². The third-order valence-corrected chi connectivity index (χ3v) is 11.9. The van der Waals surface area contributed by atoms with Gasteiger partial charge in [0, 0.05) is 80.3 Å². The van der Waals surface area contributed by atoms with Crippen LogP contribution in [0.15, 0.2) is 224 Å². The van der Waals surface area contributed by atoms with Crippen molar-refractivity contribution in [3.63, 3.8) is 0 Å². The highest BCUT2D eigenvalue weighted by Crippen LogP contribution is 2.40. The molecule has 0 saturated heterocycles. The Hall–Kier alpha value is -7.82. The Labute approximate surface area is 350 Å². The summed E-state index contributed by atoms with van der Waals surface area (Å²) in [5, 5.41) is 5.07. The standard InChI is InChI=1S/C56H42N4/c1-57-53-26-13-11-24-49(53)51-35-33-48(38-55(51)57)60(45-21-9-4-10-22-45)47-23-15-16-40(36-47)39-58-54-27-14-12-25-50(54)52-34-30-42(37-56(52)58)41-28-31-46(32-29-41)59(43-17-5-2-6-18-43)44-19-7-3-8-20-44/h2-38H,39H2,1H3. The lowest BCUT2D eigenvalue weighted by Crippen LogP contribution is -2.10. The molecule has 9 aromatic carbocycles. The second-order valence-corrected chi connectivity index (χ2v) is 15.5. The Balaban J connectivity index is 0.975. The van der Waals surface area contributed by atoms with E-state index >= 15 is 0 Å². The molecule has 0 atom stereocenters. The number of benzene rings is 9. The minimum atomic E-state index is 0.730. The van der Waals surface area contributed by atoms with Crippen LogP contribution in [0.3, 0.4) is 0 Å². The number of hydrogen-bond donors (Lipinski definition) is 0. The van der Waals surface area contributed by atoms with Gasteiger partial charge in [0.15, 0.2) is 0 Å². The first-order valence-electron chi connectivity index (χ1n) is 20.6. The SMILES string of the molecule is Cn1c2ccccc2c2ccc(N(c3ccccc3)c3cccc(Cn4c5ccccc5c5ccc(-c6ccc(N(c7ccccc7)c7ccccc7)cc6)cc54)c3)cc21. The monoisotopic (exact) mass is 770 g/mol. The molecule has 11 aromatic rings. The van der Waals surface area contributed by atoms with Gasteiger partial charge in [0.1, 0.15) is 0 Å². The maximum absolute atomic E-state index is 2.49. The van der Waals surface area contributed by atoms with Crippen molar-refractivity contribution in [2.24, 2.45) is 7.05 Å². The molecule has 4 heteroatoms. The number of fused-ring (bicyclic) bond motifs is 6. The van der Waals surface area contributed by atoms with Gasteiger partial charge in [-0.15, -0.1) is 0 Å². The molecular weight excluding hydrogens is 729 g/mol. The van der Waals surface area contributed by atoms with Crippen molar-refractivity contribution in [1.29, 1.82) is 0 Å². The van der Waals surface area contributed by atoms with E-state index in [0.717, 1.165) is 40.7 Å². The van der Waals surface area contributed by atoms with Crippen LogP contribution in [0.4, 0.5) is 34.1 Å². The molecular formula is C56H42N4. The maximum atomic E-state index is 2.49. The summed E-state index contributed by atoms with van der Waals surface area (Å²) in [6.07, 6.45) is 0. The average Bonchev–Trinajstić information content (AvgIpc) is 3.78. The molecule has 0 radical (unpaired) electrons. The highest BCUT2D eigenvalue weighted by Gasteiger charge is 2.18. The van der Waals surface area contributed by atoms with Gasteiger partial charge in [0.25, 0.3) is 0 Å². The summed E-state index contributed by atoms with van der Waals surface area (Å²) < 4.78 is 4.80. The van der Waals surface area contributed by atoms with Crippen LogP contribution in [-0.4, -0.2) is 9.13 Å². The van der Waals surface area contributed by atoms with Gasteiger partial charge in [-0.05, 0) is 108 Å². The van der Waals surface area contributed by atoms with Crippen LogP contribution in [0.1, 0.15) is 5.56 Å². The molecule has 0 unspecified atom stereocenters. The lowest BCUT2D eigenvalue weighted by molar-refractivity contribution is 0.869. The Morgan fingerprint density at radius 2 is 0.767 bits per heavy atom. The average molecular weight is 771 g/mol. The van der Waals surface area contributed by atoms with E-state index < -0.39 is 0 Å². The molecule has 0 N–H and O–H groups in total. The van der Waals surface area contributed by atoms with Crippen LogP contribution < -0.4 is 9.80 Å². The molecule has 0 aliphatic rings. The normalized spacial score (nSPS) is 11.5. The molecule has 4 nitrogen and oxygen atoms in total. The Morgan fingerprint density at radius 1 is 0.317 bits per heavy atom. The largest absolute Gasteiger partial charge is 0.344 e. The van der Waals surface area contributed by atoms with Gasteiger partial charge in [-0.2, -0.15) is 0 Å². The van der Waals surface area contributed by atoms with Crippen molar-refractivity contribution < 1.29 is 0 Å². The predicted octanol–water partition coefficient (Wildman–Crippen LogP) is 15.1. The maximum Gasteiger partial charge on any atom is 0.0509 e. The summed E-state index contributed by atoms with van der Waals surface area (Å²) in [4.78, 5) is 4.69. The molecule has 0 amide bonds. The summed E-state index contributed by atoms with van der Waals surface area (Å²) in [5.41, 5.74) is 15.3. The number of aromatic nitrogens is 2. The molecule has 60 heavy (non-hydrogen) atoms. The molecule has 2 aromatic heterocycles. The zero-order chi connectivity index (χ0) is 40.0. The van der Waals surface area contributed by atoms with E-state index in [4.69, 9.17) is 0 Å². The van der Waals surface area contributed by atoms with E-state index in [-0.39, 0.29) is 0 Å². The second kappa shape index (κ2) is 14.8. The van der Waals surface area contributed by atoms with E-state index in [1.807, 2.05) is 0 Å². The Kier molecular flexibility index (Phi) is 8.75. The Bertz CT molecular complexity index is 3250. The van der Waals surface area contributed by atoms with Crippen molar-refractivity contribution in [1.82, 2.24) is 9.13 Å². The first-order valence-corrected chi connectivity index (χ1v) is 20.6. The van der Waals surface area contributed by atoms with Crippen molar-refractivity contribution in [3.8, 4) is 11.1 Å². The van der Waals surface area contributed by atoms with Crippen molar-refractivity contribution in [2.75, 3.05) is 9.80 Å². The number of aryl methyl sites for hydroxylation is 1. The molecule has 2 heterocycles. The van der Waals surface area contributed by atoms with Gasteiger partial charge < -0.3 is 18.9 Å². The highest BCUT2D eigenvalue weighted by atomic mass is 15.1. The summed E-state index contributed by atoms with van der Waals surface area (Å²) in [6.45, 7) is 0.730. The fraction of sp³-hybridized carbons (Fsp3) is 0.0357.